The van der Waals surface area contributed by atoms with Crippen molar-refractivity contribution in [3.8, 4) is 0 Å². The third-order valence-corrected chi connectivity index (χ3v) is 3.39. The Hall–Kier alpha value is -1.10. The SMILES string of the molecule is CC(C)(C)OC(=O)N1CCC2(CC1)CC(=O)CO2. The second-order valence-corrected chi connectivity index (χ2v) is 6.15. The van der Waals surface area contributed by atoms with E-state index in [1.54, 1.807) is 4.90 Å². The summed E-state index contributed by atoms with van der Waals surface area (Å²) in [7, 11) is 0. The van der Waals surface area contributed by atoms with Crippen LogP contribution in [0.4, 0.5) is 4.79 Å². The van der Waals surface area contributed by atoms with Crippen molar-refractivity contribution in [2.75, 3.05) is 19.7 Å². The Morgan fingerprint density at radius 2 is 1.94 bits per heavy atom. The zero-order valence-corrected chi connectivity index (χ0v) is 11.3. The van der Waals surface area contributed by atoms with Crippen LogP contribution in [0.3, 0.4) is 0 Å². The number of hydrogen-bond donors (Lipinski definition) is 0. The Morgan fingerprint density at radius 1 is 1.33 bits per heavy atom. The molecule has 2 saturated heterocycles. The molecule has 0 N–H and O–H groups in total. The lowest BCUT2D eigenvalue weighted by molar-refractivity contribution is -0.118. The Morgan fingerprint density at radius 3 is 2.39 bits per heavy atom. The van der Waals surface area contributed by atoms with Crippen LogP contribution in [0.2, 0.25) is 0 Å². The molecule has 2 fully saturated rings. The fourth-order valence-electron chi connectivity index (χ4n) is 2.44. The molecule has 2 aliphatic rings. The van der Waals surface area contributed by atoms with E-state index in [2.05, 4.69) is 0 Å². The Bertz CT molecular complexity index is 350. The van der Waals surface area contributed by atoms with Crippen LogP contribution in [0.1, 0.15) is 40.0 Å². The van der Waals surface area contributed by atoms with E-state index in [-0.39, 0.29) is 24.1 Å². The molecule has 0 aliphatic carbocycles. The van der Waals surface area contributed by atoms with E-state index in [1.807, 2.05) is 20.8 Å². The van der Waals surface area contributed by atoms with Crippen molar-refractivity contribution in [1.29, 1.82) is 0 Å². The maximum Gasteiger partial charge on any atom is 0.410 e. The number of carbonyl (C=O) groups excluding carboxylic acids is 2. The highest BCUT2D eigenvalue weighted by Crippen LogP contribution is 2.34. The standard InChI is InChI=1S/C13H21NO4/c1-12(2,3)18-11(16)14-6-4-13(5-7-14)8-10(15)9-17-13/h4-9H2,1-3H3. The summed E-state index contributed by atoms with van der Waals surface area (Å²) in [4.78, 5) is 24.9. The highest BCUT2D eigenvalue weighted by molar-refractivity contribution is 5.82. The molecule has 0 saturated carbocycles. The highest BCUT2D eigenvalue weighted by Gasteiger charge is 2.43. The van der Waals surface area contributed by atoms with Gasteiger partial charge in [0.2, 0.25) is 0 Å². The van der Waals surface area contributed by atoms with Crippen LogP contribution in [0, 0.1) is 0 Å². The predicted octanol–water partition coefficient (Wildman–Crippen LogP) is 1.75. The number of hydrogen-bond acceptors (Lipinski definition) is 4. The Kier molecular flexibility index (Phi) is 3.36. The normalized spacial score (nSPS) is 23.5. The summed E-state index contributed by atoms with van der Waals surface area (Å²) in [6, 6.07) is 0. The van der Waals surface area contributed by atoms with E-state index in [0.717, 1.165) is 12.8 Å². The van der Waals surface area contributed by atoms with Crippen LogP contribution in [0.15, 0.2) is 0 Å². The van der Waals surface area contributed by atoms with E-state index >= 15 is 0 Å². The van der Waals surface area contributed by atoms with Gasteiger partial charge in [-0.15, -0.1) is 0 Å². The summed E-state index contributed by atoms with van der Waals surface area (Å²) in [5.41, 5.74) is -0.776. The fraction of sp³-hybridized carbons (Fsp3) is 0.846. The van der Waals surface area contributed by atoms with Gasteiger partial charge in [-0.1, -0.05) is 0 Å². The van der Waals surface area contributed by atoms with Crippen molar-refractivity contribution in [1.82, 2.24) is 4.90 Å². The second-order valence-electron chi connectivity index (χ2n) is 6.15. The van der Waals surface area contributed by atoms with Gasteiger partial charge in [0.05, 0.1) is 5.60 Å². The summed E-state index contributed by atoms with van der Waals surface area (Å²) in [5, 5.41) is 0. The van der Waals surface area contributed by atoms with Gasteiger partial charge >= 0.3 is 6.09 Å². The molecule has 102 valence electrons. The smallest absolute Gasteiger partial charge is 0.410 e. The van der Waals surface area contributed by atoms with Gasteiger partial charge in [0.15, 0.2) is 5.78 Å². The molecule has 1 amide bonds. The lowest BCUT2D eigenvalue weighted by Gasteiger charge is -2.38. The summed E-state index contributed by atoms with van der Waals surface area (Å²) >= 11 is 0. The van der Waals surface area contributed by atoms with Gasteiger partial charge in [-0.05, 0) is 33.6 Å². The fourth-order valence-corrected chi connectivity index (χ4v) is 2.44. The van der Waals surface area contributed by atoms with Gasteiger partial charge in [0, 0.05) is 19.5 Å². The number of rotatable bonds is 0. The van der Waals surface area contributed by atoms with E-state index < -0.39 is 5.60 Å². The van der Waals surface area contributed by atoms with Gasteiger partial charge in [-0.2, -0.15) is 0 Å². The molecule has 1 spiro atoms. The summed E-state index contributed by atoms with van der Waals surface area (Å²) in [5.74, 6) is 0.167. The molecule has 0 radical (unpaired) electrons. The molecule has 5 nitrogen and oxygen atoms in total. The molecule has 0 aromatic heterocycles. The minimum atomic E-state index is -0.466. The number of Topliss-reactive ketones (excluding diaryl/α,β-unsaturated/α-hetero) is 1. The average Bonchev–Trinajstić information content (AvgIpc) is 2.58. The minimum absolute atomic E-state index is 0.167. The quantitative estimate of drug-likeness (QED) is 0.661. The Balaban J connectivity index is 1.87. The predicted molar refractivity (Wildman–Crippen MR) is 65.3 cm³/mol. The number of ketones is 1. The highest BCUT2D eigenvalue weighted by atomic mass is 16.6. The zero-order chi connectivity index (χ0) is 13.4. The van der Waals surface area contributed by atoms with Gasteiger partial charge in [0.1, 0.15) is 12.2 Å². The summed E-state index contributed by atoms with van der Waals surface area (Å²) < 4.78 is 10.9. The van der Waals surface area contributed by atoms with Crippen LogP contribution in [0.25, 0.3) is 0 Å². The van der Waals surface area contributed by atoms with Crippen LogP contribution >= 0.6 is 0 Å². The molecule has 5 heteroatoms. The molecule has 2 aliphatic heterocycles. The van der Waals surface area contributed by atoms with Crippen LogP contribution in [-0.2, 0) is 14.3 Å². The van der Waals surface area contributed by atoms with E-state index in [1.165, 1.54) is 0 Å². The number of ether oxygens (including phenoxy) is 2. The number of amides is 1. The topological polar surface area (TPSA) is 55.8 Å². The lowest BCUT2D eigenvalue weighted by Crippen LogP contribution is -2.47. The van der Waals surface area contributed by atoms with Crippen LogP contribution in [-0.4, -0.2) is 47.7 Å². The van der Waals surface area contributed by atoms with Gasteiger partial charge in [-0.3, -0.25) is 4.79 Å². The van der Waals surface area contributed by atoms with Crippen molar-refractivity contribution in [2.24, 2.45) is 0 Å². The molecule has 0 aromatic rings. The maximum absolute atomic E-state index is 11.9. The number of carbonyl (C=O) groups is 2. The van der Waals surface area contributed by atoms with E-state index in [9.17, 15) is 9.59 Å². The molecular weight excluding hydrogens is 234 g/mol. The number of nitrogens with zero attached hydrogens (tertiary/aromatic N) is 1. The van der Waals surface area contributed by atoms with Gasteiger partial charge in [-0.25, -0.2) is 4.79 Å². The average molecular weight is 255 g/mol. The molecule has 0 unspecified atom stereocenters. The van der Waals surface area contributed by atoms with Crippen molar-refractivity contribution in [3.05, 3.63) is 0 Å². The first-order valence-corrected chi connectivity index (χ1v) is 6.43. The molecular formula is C13H21NO4. The lowest BCUT2D eigenvalue weighted by atomic mass is 9.88. The van der Waals surface area contributed by atoms with E-state index in [4.69, 9.17) is 9.47 Å². The summed E-state index contributed by atoms with van der Waals surface area (Å²) in [6.07, 6.45) is 1.66. The van der Waals surface area contributed by atoms with E-state index in [0.29, 0.717) is 19.5 Å². The van der Waals surface area contributed by atoms with Crippen molar-refractivity contribution < 1.29 is 19.1 Å². The first-order valence-electron chi connectivity index (χ1n) is 6.43. The molecule has 0 bridgehead atoms. The first-order chi connectivity index (χ1) is 8.30. The van der Waals surface area contributed by atoms with Crippen LogP contribution in [0.5, 0.6) is 0 Å². The van der Waals surface area contributed by atoms with Crippen LogP contribution < -0.4 is 0 Å². The third-order valence-electron chi connectivity index (χ3n) is 3.39. The molecule has 18 heavy (non-hydrogen) atoms. The second kappa shape index (κ2) is 4.53. The monoisotopic (exact) mass is 255 g/mol. The minimum Gasteiger partial charge on any atom is -0.444 e. The van der Waals surface area contributed by atoms with Crippen molar-refractivity contribution in [2.45, 2.75) is 51.2 Å². The zero-order valence-electron chi connectivity index (χ0n) is 11.3. The first kappa shape index (κ1) is 13.3. The number of likely N-dealkylation sites (tertiary alicyclic amines) is 1. The maximum atomic E-state index is 11.9. The molecule has 2 rings (SSSR count). The summed E-state index contributed by atoms with van der Waals surface area (Å²) in [6.45, 7) is 7.00. The molecule has 2 heterocycles. The third kappa shape index (κ3) is 3.02. The number of piperidine rings is 1. The molecule has 0 aromatic carbocycles. The van der Waals surface area contributed by atoms with Gasteiger partial charge < -0.3 is 14.4 Å². The molecule has 0 atom stereocenters. The Labute approximate surface area is 107 Å². The largest absolute Gasteiger partial charge is 0.444 e. The van der Waals surface area contributed by atoms with Crippen molar-refractivity contribution >= 4 is 11.9 Å². The van der Waals surface area contributed by atoms with Gasteiger partial charge in [0.25, 0.3) is 0 Å². The van der Waals surface area contributed by atoms with Crippen molar-refractivity contribution in [3.63, 3.8) is 0 Å².